The molecule has 0 aliphatic carbocycles. The summed E-state index contributed by atoms with van der Waals surface area (Å²) in [5, 5.41) is 9.91. The third-order valence-electron chi connectivity index (χ3n) is 3.24. The summed E-state index contributed by atoms with van der Waals surface area (Å²) in [4.78, 5) is 4.41. The van der Waals surface area contributed by atoms with Gasteiger partial charge in [0, 0.05) is 11.8 Å². The zero-order valence-electron chi connectivity index (χ0n) is 12.3. The smallest absolute Gasteiger partial charge is 0.124 e. The number of phenolic OH excluding ortho intramolecular Hbond substituents is 1. The van der Waals surface area contributed by atoms with Crippen LogP contribution in [0.15, 0.2) is 53.5 Å². The molecular formula is C18H21NO. The molecule has 0 aliphatic rings. The summed E-state index contributed by atoms with van der Waals surface area (Å²) in [6, 6.07) is 15.8. The highest BCUT2D eigenvalue weighted by atomic mass is 16.3. The second kappa shape index (κ2) is 5.91. The number of nitrogens with zero attached hydrogens (tertiary/aromatic N) is 1. The van der Waals surface area contributed by atoms with E-state index >= 15 is 0 Å². The number of aliphatic imine (C=N–C) groups is 1. The fraction of sp³-hybridized carbons (Fsp3) is 0.278. The van der Waals surface area contributed by atoms with Gasteiger partial charge in [-0.3, -0.25) is 4.99 Å². The molecule has 2 heteroatoms. The molecule has 0 spiro atoms. The maximum absolute atomic E-state index is 9.91. The molecular weight excluding hydrogens is 246 g/mol. The van der Waals surface area contributed by atoms with E-state index in [1.807, 2.05) is 42.5 Å². The van der Waals surface area contributed by atoms with Crippen molar-refractivity contribution in [3.63, 3.8) is 0 Å². The lowest BCUT2D eigenvalue weighted by Gasteiger charge is -2.19. The third-order valence-corrected chi connectivity index (χ3v) is 3.24. The summed E-state index contributed by atoms with van der Waals surface area (Å²) in [6.45, 7) is 7.10. The minimum atomic E-state index is 0.0652. The van der Waals surface area contributed by atoms with Crippen LogP contribution in [0.4, 0.5) is 0 Å². The molecule has 0 amide bonds. The van der Waals surface area contributed by atoms with Crippen LogP contribution in [-0.4, -0.2) is 11.3 Å². The van der Waals surface area contributed by atoms with Gasteiger partial charge < -0.3 is 5.11 Å². The van der Waals surface area contributed by atoms with Gasteiger partial charge in [-0.15, -0.1) is 0 Å². The number of hydrogen-bond acceptors (Lipinski definition) is 2. The molecule has 0 atom stereocenters. The van der Waals surface area contributed by atoms with Gasteiger partial charge in [-0.25, -0.2) is 0 Å². The Kier molecular flexibility index (Phi) is 4.23. The van der Waals surface area contributed by atoms with Crippen molar-refractivity contribution in [3.8, 4) is 5.75 Å². The lowest BCUT2D eigenvalue weighted by Crippen LogP contribution is -2.11. The van der Waals surface area contributed by atoms with Crippen LogP contribution < -0.4 is 0 Å². The Hall–Kier alpha value is -2.09. The molecule has 0 saturated heterocycles. The summed E-state index contributed by atoms with van der Waals surface area (Å²) in [6.07, 6.45) is 1.75. The second-order valence-corrected chi connectivity index (χ2v) is 5.98. The maximum Gasteiger partial charge on any atom is 0.124 e. The van der Waals surface area contributed by atoms with Crippen LogP contribution >= 0.6 is 0 Å². The summed E-state index contributed by atoms with van der Waals surface area (Å²) in [5.74, 6) is 0.273. The van der Waals surface area contributed by atoms with E-state index in [1.54, 1.807) is 12.3 Å². The zero-order valence-corrected chi connectivity index (χ0v) is 12.3. The van der Waals surface area contributed by atoms with E-state index in [0.29, 0.717) is 6.54 Å². The molecule has 0 unspecified atom stereocenters. The van der Waals surface area contributed by atoms with Crippen molar-refractivity contribution in [1.82, 2.24) is 0 Å². The molecule has 1 N–H and O–H groups in total. The SMILES string of the molecule is CC(C)(C)c1ccc(O)c(C=NCc2ccccc2)c1. The highest BCUT2D eigenvalue weighted by Gasteiger charge is 2.14. The average Bonchev–Trinajstić information content (AvgIpc) is 2.41. The van der Waals surface area contributed by atoms with Gasteiger partial charge in [-0.1, -0.05) is 57.2 Å². The summed E-state index contributed by atoms with van der Waals surface area (Å²) < 4.78 is 0. The van der Waals surface area contributed by atoms with E-state index in [4.69, 9.17) is 0 Å². The van der Waals surface area contributed by atoms with Crippen LogP contribution in [0.3, 0.4) is 0 Å². The first-order valence-electron chi connectivity index (χ1n) is 6.84. The van der Waals surface area contributed by atoms with E-state index < -0.39 is 0 Å². The molecule has 0 radical (unpaired) electrons. The zero-order chi connectivity index (χ0) is 14.6. The van der Waals surface area contributed by atoms with E-state index in [2.05, 4.69) is 25.8 Å². The molecule has 0 fully saturated rings. The molecule has 2 aromatic carbocycles. The molecule has 0 saturated carbocycles. The lowest BCUT2D eigenvalue weighted by molar-refractivity contribution is 0.473. The maximum atomic E-state index is 9.91. The Morgan fingerprint density at radius 1 is 1.05 bits per heavy atom. The minimum absolute atomic E-state index is 0.0652. The van der Waals surface area contributed by atoms with Gasteiger partial charge in [0.15, 0.2) is 0 Å². The van der Waals surface area contributed by atoms with Gasteiger partial charge in [-0.2, -0.15) is 0 Å². The quantitative estimate of drug-likeness (QED) is 0.826. The van der Waals surface area contributed by atoms with Gasteiger partial charge in [0.25, 0.3) is 0 Å². The number of phenols is 1. The molecule has 2 aromatic rings. The Bertz CT molecular complexity index is 595. The number of benzene rings is 2. The largest absolute Gasteiger partial charge is 0.507 e. The molecule has 20 heavy (non-hydrogen) atoms. The standard InChI is InChI=1S/C18H21NO/c1-18(2,3)16-9-10-17(20)15(11-16)13-19-12-14-7-5-4-6-8-14/h4-11,13,20H,12H2,1-3H3. The topological polar surface area (TPSA) is 32.6 Å². The monoisotopic (exact) mass is 267 g/mol. The van der Waals surface area contributed by atoms with Crippen LogP contribution in [-0.2, 0) is 12.0 Å². The minimum Gasteiger partial charge on any atom is -0.507 e. The lowest BCUT2D eigenvalue weighted by atomic mass is 9.86. The van der Waals surface area contributed by atoms with Gasteiger partial charge in [0.05, 0.1) is 6.54 Å². The highest BCUT2D eigenvalue weighted by molar-refractivity contribution is 5.83. The summed E-state index contributed by atoms with van der Waals surface area (Å²) in [7, 11) is 0. The van der Waals surface area contributed by atoms with E-state index in [0.717, 1.165) is 11.1 Å². The first-order chi connectivity index (χ1) is 9.47. The normalized spacial score (nSPS) is 11.9. The molecule has 0 aliphatic heterocycles. The van der Waals surface area contributed by atoms with Crippen LogP contribution in [0.5, 0.6) is 5.75 Å². The third kappa shape index (κ3) is 3.70. The van der Waals surface area contributed by atoms with E-state index in [-0.39, 0.29) is 11.2 Å². The van der Waals surface area contributed by atoms with Crippen molar-refractivity contribution >= 4 is 6.21 Å². The summed E-state index contributed by atoms with van der Waals surface area (Å²) in [5.41, 5.74) is 3.19. The Labute approximate surface area is 120 Å². The molecule has 104 valence electrons. The number of aromatic hydroxyl groups is 1. The predicted molar refractivity (Wildman–Crippen MR) is 84.5 cm³/mol. The first kappa shape index (κ1) is 14.3. The molecule has 0 heterocycles. The summed E-state index contributed by atoms with van der Waals surface area (Å²) >= 11 is 0. The number of rotatable bonds is 3. The van der Waals surface area contributed by atoms with Crippen molar-refractivity contribution in [2.45, 2.75) is 32.7 Å². The van der Waals surface area contributed by atoms with Gasteiger partial charge in [0.1, 0.15) is 5.75 Å². The second-order valence-electron chi connectivity index (χ2n) is 5.98. The van der Waals surface area contributed by atoms with Crippen LogP contribution in [0, 0.1) is 0 Å². The van der Waals surface area contributed by atoms with Gasteiger partial charge in [0.2, 0.25) is 0 Å². The van der Waals surface area contributed by atoms with Crippen LogP contribution in [0.2, 0.25) is 0 Å². The molecule has 0 bridgehead atoms. The first-order valence-corrected chi connectivity index (χ1v) is 6.84. The Morgan fingerprint density at radius 3 is 2.40 bits per heavy atom. The van der Waals surface area contributed by atoms with Crippen molar-refractivity contribution < 1.29 is 5.11 Å². The Morgan fingerprint density at radius 2 is 1.75 bits per heavy atom. The molecule has 0 aromatic heterocycles. The van der Waals surface area contributed by atoms with E-state index in [9.17, 15) is 5.11 Å². The van der Waals surface area contributed by atoms with Crippen molar-refractivity contribution in [2.24, 2.45) is 4.99 Å². The van der Waals surface area contributed by atoms with Crippen LogP contribution in [0.1, 0.15) is 37.5 Å². The average molecular weight is 267 g/mol. The highest BCUT2D eigenvalue weighted by Crippen LogP contribution is 2.26. The van der Waals surface area contributed by atoms with Crippen molar-refractivity contribution in [3.05, 3.63) is 65.2 Å². The predicted octanol–water partition coefficient (Wildman–Crippen LogP) is 4.31. The van der Waals surface area contributed by atoms with Gasteiger partial charge >= 0.3 is 0 Å². The number of hydrogen-bond donors (Lipinski definition) is 1. The van der Waals surface area contributed by atoms with Crippen molar-refractivity contribution in [2.75, 3.05) is 0 Å². The fourth-order valence-corrected chi connectivity index (χ4v) is 1.96. The van der Waals surface area contributed by atoms with E-state index in [1.165, 1.54) is 5.56 Å². The Balaban J connectivity index is 2.16. The molecule has 2 nitrogen and oxygen atoms in total. The molecule has 2 rings (SSSR count). The van der Waals surface area contributed by atoms with Gasteiger partial charge in [-0.05, 0) is 28.7 Å². The van der Waals surface area contributed by atoms with Crippen molar-refractivity contribution in [1.29, 1.82) is 0 Å². The van der Waals surface area contributed by atoms with Crippen LogP contribution in [0.25, 0.3) is 0 Å². The fourth-order valence-electron chi connectivity index (χ4n) is 1.96.